The molecule has 2 heterocycles. The first-order chi connectivity index (χ1) is 17.6. The van der Waals surface area contributed by atoms with Crippen LogP contribution in [0.1, 0.15) is 77.2 Å². The number of anilines is 1. The van der Waals surface area contributed by atoms with E-state index in [1.807, 2.05) is 0 Å². The number of carbonyl (C=O) groups excluding carboxylic acids is 1. The summed E-state index contributed by atoms with van der Waals surface area (Å²) in [6.07, 6.45) is 5.38. The van der Waals surface area contributed by atoms with Gasteiger partial charge in [-0.05, 0) is 68.6 Å². The van der Waals surface area contributed by atoms with Crippen LogP contribution < -0.4 is 5.32 Å². The van der Waals surface area contributed by atoms with Crippen molar-refractivity contribution in [3.05, 3.63) is 30.1 Å². The zero-order valence-electron chi connectivity index (χ0n) is 21.9. The van der Waals surface area contributed by atoms with Crippen molar-refractivity contribution >= 4 is 22.5 Å². The van der Waals surface area contributed by atoms with Gasteiger partial charge >= 0.3 is 6.18 Å². The molecule has 6 nitrogen and oxygen atoms in total. The van der Waals surface area contributed by atoms with Crippen LogP contribution in [0.4, 0.5) is 19.0 Å². The van der Waals surface area contributed by atoms with Gasteiger partial charge in [-0.1, -0.05) is 26.7 Å². The lowest BCUT2D eigenvalue weighted by Gasteiger charge is -2.48. The second kappa shape index (κ2) is 11.6. The molecule has 0 spiro atoms. The summed E-state index contributed by atoms with van der Waals surface area (Å²) in [5, 5.41) is 14.4. The second-order valence-corrected chi connectivity index (χ2v) is 11.0. The number of Topliss-reactive ketones (excluding diaryl/α,β-unsaturated/α-hetero) is 1. The zero-order chi connectivity index (χ0) is 26.6. The standard InChI is InChI=1S/C28H39F3N4O2/c1-3-11-27(37,12-4-2)20-5-8-22(9-6-20)35-16-19(17-35)13-23(36)15-32-26-24-14-21(28(29,30)31)7-10-25(24)33-18-34-26/h7,10,14,18-20,22,37H,3-6,8-9,11-13,15-17H2,1-2H3,(H,32,33,34). The number of aromatic nitrogens is 2. The number of rotatable bonds is 11. The maximum absolute atomic E-state index is 13.1. The van der Waals surface area contributed by atoms with E-state index in [0.29, 0.717) is 29.8 Å². The van der Waals surface area contributed by atoms with Crippen molar-refractivity contribution in [1.29, 1.82) is 0 Å². The first-order valence-corrected chi connectivity index (χ1v) is 13.7. The van der Waals surface area contributed by atoms with Crippen molar-refractivity contribution in [3.63, 3.8) is 0 Å². The molecule has 37 heavy (non-hydrogen) atoms. The Morgan fingerprint density at radius 1 is 1.08 bits per heavy atom. The van der Waals surface area contributed by atoms with Crippen LogP contribution in [0.25, 0.3) is 10.9 Å². The molecule has 2 N–H and O–H groups in total. The number of aliphatic hydroxyl groups is 1. The monoisotopic (exact) mass is 520 g/mol. The number of nitrogens with one attached hydrogen (secondary N) is 1. The van der Waals surface area contributed by atoms with Crippen molar-refractivity contribution in [1.82, 2.24) is 14.9 Å². The fourth-order valence-electron chi connectivity index (χ4n) is 6.36. The minimum absolute atomic E-state index is 0.0243. The number of alkyl halides is 3. The summed E-state index contributed by atoms with van der Waals surface area (Å²) in [4.78, 5) is 23.2. The molecule has 0 amide bonds. The van der Waals surface area contributed by atoms with Gasteiger partial charge in [0.25, 0.3) is 0 Å². The number of hydrogen-bond acceptors (Lipinski definition) is 6. The number of hydrogen-bond donors (Lipinski definition) is 2. The Kier molecular flexibility index (Phi) is 8.74. The summed E-state index contributed by atoms with van der Waals surface area (Å²) in [6.45, 7) is 6.12. The Morgan fingerprint density at radius 3 is 2.38 bits per heavy atom. The van der Waals surface area contributed by atoms with E-state index in [2.05, 4.69) is 34.0 Å². The first-order valence-electron chi connectivity index (χ1n) is 13.7. The third-order valence-corrected chi connectivity index (χ3v) is 8.26. The maximum Gasteiger partial charge on any atom is 0.416 e. The fourth-order valence-corrected chi connectivity index (χ4v) is 6.36. The molecular formula is C28H39F3N4O2. The van der Waals surface area contributed by atoms with Gasteiger partial charge in [-0.25, -0.2) is 9.97 Å². The molecular weight excluding hydrogens is 481 g/mol. The molecule has 2 aliphatic rings. The molecule has 0 atom stereocenters. The highest BCUT2D eigenvalue weighted by molar-refractivity contribution is 5.91. The Hall–Kier alpha value is -2.26. The predicted molar refractivity (Wildman–Crippen MR) is 138 cm³/mol. The molecule has 1 aliphatic carbocycles. The van der Waals surface area contributed by atoms with Gasteiger partial charge in [-0.2, -0.15) is 13.2 Å². The summed E-state index contributed by atoms with van der Waals surface area (Å²) in [7, 11) is 0. The van der Waals surface area contributed by atoms with E-state index < -0.39 is 17.3 Å². The van der Waals surface area contributed by atoms with Gasteiger partial charge < -0.3 is 10.4 Å². The molecule has 204 valence electrons. The van der Waals surface area contributed by atoms with E-state index in [4.69, 9.17) is 0 Å². The quantitative estimate of drug-likeness (QED) is 0.388. The van der Waals surface area contributed by atoms with Gasteiger partial charge in [0.2, 0.25) is 0 Å². The van der Waals surface area contributed by atoms with Crippen molar-refractivity contribution in [2.75, 3.05) is 25.0 Å². The molecule has 0 bridgehead atoms. The Balaban J connectivity index is 1.23. The van der Waals surface area contributed by atoms with E-state index in [1.54, 1.807) is 0 Å². The number of halogens is 3. The first kappa shape index (κ1) is 27.8. The third kappa shape index (κ3) is 6.60. The van der Waals surface area contributed by atoms with E-state index in [1.165, 1.54) is 12.4 Å². The molecule has 2 fully saturated rings. The van der Waals surface area contributed by atoms with Gasteiger partial charge in [-0.15, -0.1) is 0 Å². The summed E-state index contributed by atoms with van der Waals surface area (Å²) < 4.78 is 39.4. The summed E-state index contributed by atoms with van der Waals surface area (Å²) in [5.41, 5.74) is -0.896. The van der Waals surface area contributed by atoms with Gasteiger partial charge in [-0.3, -0.25) is 9.69 Å². The van der Waals surface area contributed by atoms with E-state index in [9.17, 15) is 23.1 Å². The van der Waals surface area contributed by atoms with Crippen LogP contribution in [0.5, 0.6) is 0 Å². The van der Waals surface area contributed by atoms with Crippen LogP contribution in [-0.4, -0.2) is 57.0 Å². The average Bonchev–Trinajstić information content (AvgIpc) is 2.84. The van der Waals surface area contributed by atoms with Gasteiger partial charge in [0.15, 0.2) is 5.78 Å². The number of ketones is 1. The van der Waals surface area contributed by atoms with Gasteiger partial charge in [0.05, 0.1) is 23.2 Å². The Morgan fingerprint density at radius 2 is 1.76 bits per heavy atom. The number of likely N-dealkylation sites (tertiary alicyclic amines) is 1. The van der Waals surface area contributed by atoms with Crippen LogP contribution in [-0.2, 0) is 11.0 Å². The van der Waals surface area contributed by atoms with Crippen molar-refractivity contribution in [2.24, 2.45) is 11.8 Å². The van der Waals surface area contributed by atoms with Crippen molar-refractivity contribution < 1.29 is 23.1 Å². The number of benzene rings is 1. The van der Waals surface area contributed by atoms with Crippen LogP contribution in [0.15, 0.2) is 24.5 Å². The van der Waals surface area contributed by atoms with Crippen LogP contribution in [0.3, 0.4) is 0 Å². The van der Waals surface area contributed by atoms with Gasteiger partial charge in [0.1, 0.15) is 12.1 Å². The average molecular weight is 521 g/mol. The minimum atomic E-state index is -4.46. The number of carbonyl (C=O) groups is 1. The largest absolute Gasteiger partial charge is 0.416 e. The molecule has 0 unspecified atom stereocenters. The number of fused-ring (bicyclic) bond motifs is 1. The lowest BCUT2D eigenvalue weighted by molar-refractivity contribution is -0.137. The highest BCUT2D eigenvalue weighted by Gasteiger charge is 2.41. The van der Waals surface area contributed by atoms with E-state index >= 15 is 0 Å². The van der Waals surface area contributed by atoms with Gasteiger partial charge in [0, 0.05) is 30.9 Å². The molecule has 2 aromatic rings. The smallest absolute Gasteiger partial charge is 0.390 e. The molecule has 4 rings (SSSR count). The molecule has 0 radical (unpaired) electrons. The normalized spacial score (nSPS) is 21.7. The van der Waals surface area contributed by atoms with Crippen LogP contribution >= 0.6 is 0 Å². The molecule has 1 aromatic carbocycles. The molecule has 9 heteroatoms. The zero-order valence-corrected chi connectivity index (χ0v) is 21.9. The van der Waals surface area contributed by atoms with E-state index in [-0.39, 0.29) is 23.5 Å². The maximum atomic E-state index is 13.1. The van der Waals surface area contributed by atoms with E-state index in [0.717, 1.165) is 76.6 Å². The van der Waals surface area contributed by atoms with Crippen molar-refractivity contribution in [3.8, 4) is 0 Å². The molecule has 1 saturated carbocycles. The summed E-state index contributed by atoms with van der Waals surface area (Å²) in [5.74, 6) is 0.959. The third-order valence-electron chi connectivity index (χ3n) is 8.26. The summed E-state index contributed by atoms with van der Waals surface area (Å²) in [6, 6.07) is 3.86. The minimum Gasteiger partial charge on any atom is -0.390 e. The SMILES string of the molecule is CCCC(O)(CCC)C1CCC(N2CC(CC(=O)CNc3ncnc4ccc(C(F)(F)F)cc34)C2)CC1. The van der Waals surface area contributed by atoms with Crippen LogP contribution in [0.2, 0.25) is 0 Å². The Labute approximate surface area is 217 Å². The topological polar surface area (TPSA) is 78.4 Å². The Bertz CT molecular complexity index is 1060. The molecule has 1 saturated heterocycles. The van der Waals surface area contributed by atoms with Crippen molar-refractivity contribution in [2.45, 2.75) is 89.5 Å². The van der Waals surface area contributed by atoms with Crippen LogP contribution in [0, 0.1) is 11.8 Å². The fraction of sp³-hybridized carbons (Fsp3) is 0.679. The second-order valence-electron chi connectivity index (χ2n) is 11.0. The highest BCUT2D eigenvalue weighted by atomic mass is 19.4. The number of nitrogens with zero attached hydrogens (tertiary/aromatic N) is 3. The highest BCUT2D eigenvalue weighted by Crippen LogP contribution is 2.41. The predicted octanol–water partition coefficient (Wildman–Crippen LogP) is 5.84. The molecule has 1 aromatic heterocycles. The lowest BCUT2D eigenvalue weighted by atomic mass is 9.71. The molecule has 1 aliphatic heterocycles. The summed E-state index contributed by atoms with van der Waals surface area (Å²) >= 11 is 0. The lowest BCUT2D eigenvalue weighted by Crippen LogP contribution is -2.54.